The lowest BCUT2D eigenvalue weighted by Gasteiger charge is -2.40. The van der Waals surface area contributed by atoms with Crippen LogP contribution in [0.15, 0.2) is 54.6 Å². The van der Waals surface area contributed by atoms with Crippen LogP contribution in [0.3, 0.4) is 0 Å². The second-order valence-corrected chi connectivity index (χ2v) is 11.0. The summed E-state index contributed by atoms with van der Waals surface area (Å²) in [7, 11) is 1.66. The first-order chi connectivity index (χ1) is 17.9. The van der Waals surface area contributed by atoms with Gasteiger partial charge in [0.2, 0.25) is 11.8 Å². The van der Waals surface area contributed by atoms with Crippen LogP contribution in [-0.2, 0) is 16.0 Å². The first kappa shape index (κ1) is 25.5. The number of carbonyl (C=O) groups excluding carboxylic acids is 2. The minimum atomic E-state index is -0.210. The minimum Gasteiger partial charge on any atom is -0.497 e. The van der Waals surface area contributed by atoms with Crippen molar-refractivity contribution in [2.24, 2.45) is 11.3 Å². The van der Waals surface area contributed by atoms with Crippen LogP contribution in [0.25, 0.3) is 0 Å². The van der Waals surface area contributed by atoms with Gasteiger partial charge in [-0.3, -0.25) is 9.59 Å². The molecule has 196 valence electrons. The third kappa shape index (κ3) is 5.90. The van der Waals surface area contributed by atoms with Crippen molar-refractivity contribution in [3.05, 3.63) is 60.2 Å². The predicted molar refractivity (Wildman–Crippen MR) is 148 cm³/mol. The van der Waals surface area contributed by atoms with E-state index in [4.69, 9.17) is 17.0 Å². The van der Waals surface area contributed by atoms with Gasteiger partial charge in [0.05, 0.1) is 13.0 Å². The van der Waals surface area contributed by atoms with Crippen LogP contribution in [0, 0.1) is 11.3 Å². The Morgan fingerprint density at radius 1 is 1.05 bits per heavy atom. The van der Waals surface area contributed by atoms with E-state index in [1.54, 1.807) is 7.11 Å². The fraction of sp³-hybridized carbons (Fsp3) is 0.483. The molecule has 3 fully saturated rings. The van der Waals surface area contributed by atoms with Gasteiger partial charge in [-0.05, 0) is 61.0 Å². The largest absolute Gasteiger partial charge is 0.497 e. The number of thiocarbonyl (C=S) groups is 1. The van der Waals surface area contributed by atoms with Gasteiger partial charge < -0.3 is 24.8 Å². The SMILES string of the molecule is COc1cccc(NC(=S)N2CCC3(CCN(C(=O)C4CC(=O)N(CCc5ccccc5)C4)C3)CC2)c1. The number of ether oxygens (including phenoxy) is 1. The molecule has 0 saturated carbocycles. The van der Waals surface area contributed by atoms with Crippen LogP contribution in [0.1, 0.15) is 31.2 Å². The molecule has 0 radical (unpaired) electrons. The van der Waals surface area contributed by atoms with Crippen LogP contribution in [0.4, 0.5) is 5.69 Å². The van der Waals surface area contributed by atoms with Crippen molar-refractivity contribution in [2.45, 2.75) is 32.1 Å². The normalized spacial score (nSPS) is 20.9. The molecule has 0 aromatic heterocycles. The van der Waals surface area contributed by atoms with Crippen molar-refractivity contribution >= 4 is 34.8 Å². The summed E-state index contributed by atoms with van der Waals surface area (Å²) in [5.74, 6) is 0.848. The molecule has 2 amide bonds. The first-order valence-electron chi connectivity index (χ1n) is 13.3. The number of methoxy groups -OCH3 is 1. The monoisotopic (exact) mass is 520 g/mol. The fourth-order valence-electron chi connectivity index (χ4n) is 5.94. The van der Waals surface area contributed by atoms with Crippen molar-refractivity contribution in [3.63, 3.8) is 0 Å². The molecule has 1 spiro atoms. The standard InChI is InChI=1S/C29H36N4O3S/c1-36-25-9-5-8-24(19-25)30-28(37)31-15-11-29(12-16-31)13-17-33(21-29)27(35)23-18-26(34)32(20-23)14-10-22-6-3-2-4-7-22/h2-9,19,23H,10-18,20-21H2,1H3,(H,30,37). The average Bonchev–Trinajstić information content (AvgIpc) is 3.51. The summed E-state index contributed by atoms with van der Waals surface area (Å²) in [5, 5.41) is 4.07. The van der Waals surface area contributed by atoms with Gasteiger partial charge in [0.15, 0.2) is 5.11 Å². The van der Waals surface area contributed by atoms with E-state index < -0.39 is 0 Å². The second-order valence-electron chi connectivity index (χ2n) is 10.6. The Morgan fingerprint density at radius 3 is 2.51 bits per heavy atom. The molecule has 2 aromatic carbocycles. The fourth-order valence-corrected chi connectivity index (χ4v) is 6.24. The molecule has 1 unspecified atom stereocenters. The maximum atomic E-state index is 13.4. The van der Waals surface area contributed by atoms with E-state index in [1.165, 1.54) is 5.56 Å². The summed E-state index contributed by atoms with van der Waals surface area (Å²) in [6, 6.07) is 18.0. The van der Waals surface area contributed by atoms with Crippen LogP contribution < -0.4 is 10.1 Å². The van der Waals surface area contributed by atoms with Crippen LogP contribution >= 0.6 is 12.2 Å². The summed E-state index contributed by atoms with van der Waals surface area (Å²) in [6.07, 6.45) is 4.23. The Kier molecular flexibility index (Phi) is 7.65. The highest BCUT2D eigenvalue weighted by Gasteiger charge is 2.45. The van der Waals surface area contributed by atoms with Crippen molar-refractivity contribution in [1.29, 1.82) is 0 Å². The first-order valence-corrected chi connectivity index (χ1v) is 13.7. The van der Waals surface area contributed by atoms with E-state index in [1.807, 2.05) is 52.3 Å². The van der Waals surface area contributed by atoms with Gasteiger partial charge in [-0.15, -0.1) is 0 Å². The second kappa shape index (κ2) is 11.1. The number of rotatable bonds is 6. The molecule has 1 N–H and O–H groups in total. The van der Waals surface area contributed by atoms with Crippen LogP contribution in [0.2, 0.25) is 0 Å². The minimum absolute atomic E-state index is 0.105. The number of carbonyl (C=O) groups is 2. The van der Waals surface area contributed by atoms with Gasteiger partial charge >= 0.3 is 0 Å². The summed E-state index contributed by atoms with van der Waals surface area (Å²) >= 11 is 5.68. The summed E-state index contributed by atoms with van der Waals surface area (Å²) in [4.78, 5) is 32.1. The zero-order chi connectivity index (χ0) is 25.8. The molecule has 0 aliphatic carbocycles. The predicted octanol–water partition coefficient (Wildman–Crippen LogP) is 3.80. The maximum Gasteiger partial charge on any atom is 0.228 e. The quantitative estimate of drug-likeness (QED) is 0.585. The van der Waals surface area contributed by atoms with E-state index in [0.29, 0.717) is 19.5 Å². The number of nitrogens with zero attached hydrogens (tertiary/aromatic N) is 3. The van der Waals surface area contributed by atoms with Crippen molar-refractivity contribution in [1.82, 2.24) is 14.7 Å². The lowest BCUT2D eigenvalue weighted by atomic mass is 9.78. The number of likely N-dealkylation sites (tertiary alicyclic amines) is 3. The molecule has 0 bridgehead atoms. The number of piperidine rings is 1. The third-order valence-corrected chi connectivity index (χ3v) is 8.62. The number of benzene rings is 2. The third-order valence-electron chi connectivity index (χ3n) is 8.26. The molecule has 8 heteroatoms. The molecule has 2 aromatic rings. The van der Waals surface area contributed by atoms with Crippen molar-refractivity contribution in [3.8, 4) is 5.75 Å². The number of anilines is 1. The van der Waals surface area contributed by atoms with E-state index in [0.717, 1.165) is 68.4 Å². The highest BCUT2D eigenvalue weighted by molar-refractivity contribution is 7.80. The molecular formula is C29H36N4O3S. The summed E-state index contributed by atoms with van der Waals surface area (Å²) in [6.45, 7) is 4.58. The highest BCUT2D eigenvalue weighted by Crippen LogP contribution is 2.41. The Hall–Kier alpha value is -3.13. The lowest BCUT2D eigenvalue weighted by molar-refractivity contribution is -0.135. The number of nitrogens with one attached hydrogen (secondary N) is 1. The molecule has 37 heavy (non-hydrogen) atoms. The zero-order valence-corrected chi connectivity index (χ0v) is 22.3. The Bertz CT molecular complexity index is 1130. The van der Waals surface area contributed by atoms with E-state index in [9.17, 15) is 9.59 Å². The maximum absolute atomic E-state index is 13.4. The molecule has 3 saturated heterocycles. The van der Waals surface area contributed by atoms with Crippen LogP contribution in [-0.4, -0.2) is 78.0 Å². The Morgan fingerprint density at radius 2 is 1.78 bits per heavy atom. The number of amides is 2. The highest BCUT2D eigenvalue weighted by atomic mass is 32.1. The zero-order valence-electron chi connectivity index (χ0n) is 21.5. The van der Waals surface area contributed by atoms with Crippen molar-refractivity contribution < 1.29 is 14.3 Å². The van der Waals surface area contributed by atoms with E-state index in [2.05, 4.69) is 22.3 Å². The van der Waals surface area contributed by atoms with Gasteiger partial charge in [-0.25, -0.2) is 0 Å². The average molecular weight is 521 g/mol. The van der Waals surface area contributed by atoms with Gasteiger partial charge in [0.1, 0.15) is 5.75 Å². The van der Waals surface area contributed by atoms with Crippen molar-refractivity contribution in [2.75, 3.05) is 51.7 Å². The number of hydrogen-bond donors (Lipinski definition) is 1. The number of hydrogen-bond acceptors (Lipinski definition) is 4. The molecule has 3 heterocycles. The smallest absolute Gasteiger partial charge is 0.228 e. The molecule has 3 aliphatic rings. The Balaban J connectivity index is 1.09. The lowest BCUT2D eigenvalue weighted by Crippen LogP contribution is -2.46. The molecule has 7 nitrogen and oxygen atoms in total. The molecule has 5 rings (SSSR count). The summed E-state index contributed by atoms with van der Waals surface area (Å²) in [5.41, 5.74) is 2.30. The van der Waals surface area contributed by atoms with Gasteiger partial charge in [-0.2, -0.15) is 0 Å². The summed E-state index contributed by atoms with van der Waals surface area (Å²) < 4.78 is 5.30. The van der Waals surface area contributed by atoms with Crippen LogP contribution in [0.5, 0.6) is 5.75 Å². The molecular weight excluding hydrogens is 484 g/mol. The van der Waals surface area contributed by atoms with Gasteiger partial charge in [0, 0.05) is 57.4 Å². The van der Waals surface area contributed by atoms with E-state index >= 15 is 0 Å². The van der Waals surface area contributed by atoms with E-state index in [-0.39, 0.29) is 23.1 Å². The Labute approximate surface area is 224 Å². The molecule has 3 aliphatic heterocycles. The topological polar surface area (TPSA) is 65.1 Å². The van der Waals surface area contributed by atoms with Gasteiger partial charge in [-0.1, -0.05) is 36.4 Å². The molecule has 1 atom stereocenters. The van der Waals surface area contributed by atoms with Gasteiger partial charge in [0.25, 0.3) is 0 Å².